The Morgan fingerprint density at radius 1 is 1.07 bits per heavy atom. The molecule has 7 unspecified atom stereocenters. The van der Waals surface area contributed by atoms with Crippen molar-refractivity contribution >= 4 is 63.8 Å². The van der Waals surface area contributed by atoms with Gasteiger partial charge in [0, 0.05) is 39.6 Å². The zero-order valence-electron chi connectivity index (χ0n) is 22.0. The van der Waals surface area contributed by atoms with Crippen LogP contribution in [0.2, 0.25) is 0 Å². The van der Waals surface area contributed by atoms with Gasteiger partial charge in [-0.2, -0.15) is 0 Å². The number of amides is 3. The number of nitrogens with one attached hydrogen (secondary N) is 2. The van der Waals surface area contributed by atoms with Gasteiger partial charge in [0.15, 0.2) is 0 Å². The van der Waals surface area contributed by atoms with Crippen LogP contribution in [0.5, 0.6) is 0 Å². The van der Waals surface area contributed by atoms with E-state index in [1.807, 2.05) is 11.4 Å². The number of imide groups is 1. The maximum absolute atomic E-state index is 13.7. The Kier molecular flexibility index (Phi) is 6.67. The van der Waals surface area contributed by atoms with Gasteiger partial charge in [-0.25, -0.2) is 4.79 Å². The van der Waals surface area contributed by atoms with E-state index in [1.165, 1.54) is 21.1 Å². The number of thiazole rings is 1. The Hall–Kier alpha value is -3.22. The molecule has 41 heavy (non-hydrogen) atoms. The van der Waals surface area contributed by atoms with Crippen molar-refractivity contribution in [1.29, 1.82) is 0 Å². The lowest BCUT2D eigenvalue weighted by atomic mass is 9.69. The van der Waals surface area contributed by atoms with Crippen LogP contribution < -0.4 is 10.2 Å². The molecule has 2 bridgehead atoms. The second-order valence-corrected chi connectivity index (χ2v) is 14.1. The van der Waals surface area contributed by atoms with Gasteiger partial charge in [-0.15, -0.1) is 23.1 Å². The number of nitrogens with zero attached hydrogens (tertiary/aromatic N) is 1. The number of anilines is 1. The molecule has 1 saturated heterocycles. The molecular formula is C29H27N3O6S3. The zero-order chi connectivity index (χ0) is 28.4. The maximum Gasteiger partial charge on any atom is 0.338 e. The van der Waals surface area contributed by atoms with Gasteiger partial charge in [-0.3, -0.25) is 24.1 Å². The molecular weight excluding hydrogens is 583 g/mol. The minimum atomic E-state index is -0.431. The predicted octanol–water partition coefficient (Wildman–Crippen LogP) is 4.18. The summed E-state index contributed by atoms with van der Waals surface area (Å²) in [5.41, 5.74) is 0.906. The van der Waals surface area contributed by atoms with Gasteiger partial charge < -0.3 is 15.0 Å². The quantitative estimate of drug-likeness (QED) is 0.304. The summed E-state index contributed by atoms with van der Waals surface area (Å²) in [4.78, 5) is 70.7. The van der Waals surface area contributed by atoms with Crippen molar-refractivity contribution in [2.45, 2.75) is 36.0 Å². The highest BCUT2D eigenvalue weighted by atomic mass is 32.2. The number of aromatic amines is 1. The van der Waals surface area contributed by atoms with Crippen LogP contribution in [0, 0.1) is 29.6 Å². The average Bonchev–Trinajstić information content (AvgIpc) is 3.77. The number of benzene rings is 1. The topological polar surface area (TPSA) is 126 Å². The summed E-state index contributed by atoms with van der Waals surface area (Å²) >= 11 is 4.61. The summed E-state index contributed by atoms with van der Waals surface area (Å²) in [5.74, 6) is -1.46. The molecule has 9 nitrogen and oxygen atoms in total. The number of ether oxygens (including phenoxy) is 1. The van der Waals surface area contributed by atoms with Crippen LogP contribution in [0.25, 0.3) is 0 Å². The highest BCUT2D eigenvalue weighted by molar-refractivity contribution is 8.00. The molecule has 2 aliphatic heterocycles. The summed E-state index contributed by atoms with van der Waals surface area (Å²) in [6, 6.07) is 10.5. The molecule has 7 atom stereocenters. The molecule has 3 aromatic rings. The number of carbonyl (C=O) groups excluding carboxylic acids is 4. The van der Waals surface area contributed by atoms with E-state index in [1.54, 1.807) is 54.3 Å². The molecule has 12 heteroatoms. The molecule has 212 valence electrons. The number of thiophene rings is 1. The Balaban J connectivity index is 1.06. The number of likely N-dealkylation sites (tertiary alicyclic amines) is 1. The second kappa shape index (κ2) is 10.2. The number of hydrogen-bond acceptors (Lipinski definition) is 9. The van der Waals surface area contributed by atoms with Crippen LogP contribution in [-0.4, -0.2) is 52.0 Å². The van der Waals surface area contributed by atoms with E-state index < -0.39 is 5.97 Å². The standard InChI is InChI=1S/C29H27N3O6S3/c1-2-38-28(36)13-5-7-14(8-6-13)30-18(33)9-10-32-26(34)20-15-12-16(21(20)27(32)35)23-19(15)22(17-4-3-11-39-17)24-25(40-23)31-29(37)41-24/h3-8,11,15-16,19-23H,2,9-10,12H2,1H3,(H,30,33)(H,31,37). The largest absolute Gasteiger partial charge is 0.462 e. The smallest absolute Gasteiger partial charge is 0.338 e. The first-order valence-corrected chi connectivity index (χ1v) is 16.3. The van der Waals surface area contributed by atoms with Crippen molar-refractivity contribution < 1.29 is 23.9 Å². The SMILES string of the molecule is CCOC(=O)c1ccc(NC(=O)CCN2C(=O)C3C4CC(C3C2=O)C2C(c3cccs3)c3sc(=O)[nH]c3SC42)cc1. The lowest BCUT2D eigenvalue weighted by Gasteiger charge is -2.42. The van der Waals surface area contributed by atoms with E-state index in [0.29, 0.717) is 11.3 Å². The predicted molar refractivity (Wildman–Crippen MR) is 155 cm³/mol. The number of carbonyl (C=O) groups is 4. The van der Waals surface area contributed by atoms with E-state index in [9.17, 15) is 24.0 Å². The highest BCUT2D eigenvalue weighted by Gasteiger charge is 2.69. The fraction of sp³-hybridized carbons (Fsp3) is 0.414. The van der Waals surface area contributed by atoms with Crippen LogP contribution >= 0.6 is 34.4 Å². The number of fused-ring (bicyclic) bond motifs is 9. The average molecular weight is 610 g/mol. The van der Waals surface area contributed by atoms with Gasteiger partial charge in [0.2, 0.25) is 17.7 Å². The van der Waals surface area contributed by atoms with Crippen molar-refractivity contribution in [3.8, 4) is 0 Å². The Bertz CT molecular complexity index is 1600. The lowest BCUT2D eigenvalue weighted by molar-refractivity contribution is -0.141. The fourth-order valence-corrected chi connectivity index (χ4v) is 11.3. The van der Waals surface area contributed by atoms with Gasteiger partial charge in [-0.1, -0.05) is 17.4 Å². The van der Waals surface area contributed by atoms with Gasteiger partial charge in [-0.05, 0) is 66.8 Å². The first kappa shape index (κ1) is 26.7. The van der Waals surface area contributed by atoms with Crippen molar-refractivity contribution in [3.05, 3.63) is 66.8 Å². The first-order valence-electron chi connectivity index (χ1n) is 13.7. The Morgan fingerprint density at radius 3 is 2.54 bits per heavy atom. The molecule has 1 aromatic carbocycles. The number of rotatable bonds is 7. The molecule has 0 spiro atoms. The summed E-state index contributed by atoms with van der Waals surface area (Å²) < 4.78 is 4.98. The molecule has 4 aliphatic rings. The van der Waals surface area contributed by atoms with Crippen molar-refractivity contribution in [2.24, 2.45) is 29.6 Å². The highest BCUT2D eigenvalue weighted by Crippen LogP contribution is 2.68. The molecule has 2 N–H and O–H groups in total. The number of hydrogen-bond donors (Lipinski definition) is 2. The summed E-state index contributed by atoms with van der Waals surface area (Å²) in [5, 5.41) is 5.88. The van der Waals surface area contributed by atoms with Gasteiger partial charge in [0.1, 0.15) is 0 Å². The van der Waals surface area contributed by atoms with E-state index in [-0.39, 0.29) is 82.9 Å². The summed E-state index contributed by atoms with van der Waals surface area (Å²) in [6.45, 7) is 2.05. The van der Waals surface area contributed by atoms with Gasteiger partial charge >= 0.3 is 10.8 Å². The minimum absolute atomic E-state index is 0.0101. The third kappa shape index (κ3) is 4.29. The van der Waals surface area contributed by atoms with Gasteiger partial charge in [0.05, 0.1) is 29.0 Å². The molecule has 2 aliphatic carbocycles. The third-order valence-corrected chi connectivity index (χ3v) is 12.5. The normalized spacial score (nSPS) is 29.3. The zero-order valence-corrected chi connectivity index (χ0v) is 24.5. The fourth-order valence-electron chi connectivity index (χ4n) is 7.43. The van der Waals surface area contributed by atoms with Crippen LogP contribution in [0.4, 0.5) is 5.69 Å². The molecule has 3 fully saturated rings. The Labute approximate surface area is 247 Å². The van der Waals surface area contributed by atoms with Crippen LogP contribution in [-0.2, 0) is 19.1 Å². The number of esters is 1. The van der Waals surface area contributed by atoms with Crippen molar-refractivity contribution in [1.82, 2.24) is 9.88 Å². The molecule has 7 rings (SSSR count). The van der Waals surface area contributed by atoms with E-state index in [2.05, 4.69) is 16.4 Å². The van der Waals surface area contributed by atoms with Crippen LogP contribution in [0.3, 0.4) is 0 Å². The van der Waals surface area contributed by atoms with Gasteiger partial charge in [0.25, 0.3) is 0 Å². The molecule has 2 saturated carbocycles. The number of aromatic nitrogens is 1. The number of thioether (sulfide) groups is 1. The third-order valence-electron chi connectivity index (χ3n) is 8.91. The Morgan fingerprint density at radius 2 is 1.83 bits per heavy atom. The summed E-state index contributed by atoms with van der Waals surface area (Å²) in [6.07, 6.45) is 0.830. The van der Waals surface area contributed by atoms with E-state index in [0.717, 1.165) is 16.3 Å². The van der Waals surface area contributed by atoms with E-state index in [4.69, 9.17) is 4.74 Å². The monoisotopic (exact) mass is 609 g/mol. The molecule has 0 radical (unpaired) electrons. The molecule has 4 heterocycles. The molecule has 3 amide bonds. The van der Waals surface area contributed by atoms with Crippen LogP contribution in [0.1, 0.15) is 45.8 Å². The minimum Gasteiger partial charge on any atom is -0.462 e. The van der Waals surface area contributed by atoms with Crippen molar-refractivity contribution in [2.75, 3.05) is 18.5 Å². The first-order chi connectivity index (χ1) is 19.9. The van der Waals surface area contributed by atoms with Crippen LogP contribution in [0.15, 0.2) is 51.6 Å². The maximum atomic E-state index is 13.7. The summed E-state index contributed by atoms with van der Waals surface area (Å²) in [7, 11) is 0. The van der Waals surface area contributed by atoms with Crippen molar-refractivity contribution in [3.63, 3.8) is 0 Å². The number of H-pyrrole nitrogens is 1. The second-order valence-electron chi connectivity index (χ2n) is 10.9. The van der Waals surface area contributed by atoms with E-state index >= 15 is 0 Å². The lowest BCUT2D eigenvalue weighted by Crippen LogP contribution is -2.42. The molecule has 2 aromatic heterocycles.